The molecule has 1 fully saturated rings. The SMILES string of the molecule is C=C(CN1C(CC)=C(N2CCN(C(=C)c3ncnc(N)c3C)CC2)C(=C)n2nc(C3=CCCCC3)nc21)Nc1ccc(C(F)(F)F)c2cccnc12. The van der Waals surface area contributed by atoms with Crippen LogP contribution in [0.15, 0.2) is 79.7 Å². The van der Waals surface area contributed by atoms with Crippen molar-refractivity contribution in [3.63, 3.8) is 0 Å². The normalized spacial score (nSPS) is 16.7. The van der Waals surface area contributed by atoms with E-state index < -0.39 is 11.7 Å². The van der Waals surface area contributed by atoms with Gasteiger partial charge in [0.05, 0.1) is 46.1 Å². The van der Waals surface area contributed by atoms with Crippen LogP contribution in [0.25, 0.3) is 27.9 Å². The van der Waals surface area contributed by atoms with E-state index in [1.54, 1.807) is 0 Å². The molecule has 0 spiro atoms. The van der Waals surface area contributed by atoms with E-state index in [-0.39, 0.29) is 17.4 Å². The predicted molar refractivity (Wildman–Crippen MR) is 199 cm³/mol. The zero-order valence-corrected chi connectivity index (χ0v) is 29.5. The Bertz CT molecular complexity index is 2140. The van der Waals surface area contributed by atoms with Crippen molar-refractivity contribution in [2.45, 2.75) is 52.1 Å². The number of aromatic nitrogens is 6. The molecule has 2 aliphatic heterocycles. The van der Waals surface area contributed by atoms with Gasteiger partial charge in [-0.2, -0.15) is 22.8 Å². The average molecular weight is 710 g/mol. The first-order chi connectivity index (χ1) is 25.0. The molecule has 3 aromatic heterocycles. The van der Waals surface area contributed by atoms with Gasteiger partial charge in [0.1, 0.15) is 12.1 Å². The number of hydrogen-bond donors (Lipinski definition) is 2. The molecule has 4 aromatic rings. The summed E-state index contributed by atoms with van der Waals surface area (Å²) in [5, 5.41) is 8.30. The molecule has 14 heteroatoms. The van der Waals surface area contributed by atoms with Crippen molar-refractivity contribution in [3.05, 3.63) is 102 Å². The molecule has 3 N–H and O–H groups in total. The number of nitrogens with zero attached hydrogens (tertiary/aromatic N) is 9. The number of allylic oxidation sites excluding steroid dienone is 4. The van der Waals surface area contributed by atoms with Crippen molar-refractivity contribution in [2.24, 2.45) is 0 Å². The zero-order chi connectivity index (χ0) is 36.7. The van der Waals surface area contributed by atoms with Crippen LogP contribution in [0.4, 0.5) is 30.6 Å². The molecule has 11 nitrogen and oxygen atoms in total. The van der Waals surface area contributed by atoms with Crippen LogP contribution in [0.5, 0.6) is 0 Å². The van der Waals surface area contributed by atoms with E-state index in [9.17, 15) is 13.2 Å². The van der Waals surface area contributed by atoms with Gasteiger partial charge in [-0.15, -0.1) is 5.10 Å². The van der Waals surface area contributed by atoms with Crippen LogP contribution in [0.3, 0.4) is 0 Å². The molecule has 3 aliphatic rings. The molecule has 0 amide bonds. The second-order valence-electron chi connectivity index (χ2n) is 13.2. The van der Waals surface area contributed by atoms with Gasteiger partial charge in [0.25, 0.3) is 0 Å². The van der Waals surface area contributed by atoms with Gasteiger partial charge in [-0.05, 0) is 62.8 Å². The van der Waals surface area contributed by atoms with Crippen LogP contribution in [0.2, 0.25) is 0 Å². The Hall–Kier alpha value is -5.66. The molecule has 0 bridgehead atoms. The maximum atomic E-state index is 13.8. The summed E-state index contributed by atoms with van der Waals surface area (Å²) >= 11 is 0. The highest BCUT2D eigenvalue weighted by atomic mass is 19.4. The maximum Gasteiger partial charge on any atom is 0.417 e. The second-order valence-corrected chi connectivity index (χ2v) is 13.2. The van der Waals surface area contributed by atoms with Gasteiger partial charge < -0.3 is 25.8 Å². The number of nitrogens with two attached hydrogens (primary N) is 1. The molecular formula is C38H42F3N11. The highest BCUT2D eigenvalue weighted by molar-refractivity contribution is 5.93. The largest absolute Gasteiger partial charge is 0.417 e. The number of anilines is 3. The average Bonchev–Trinajstić information content (AvgIpc) is 3.60. The highest BCUT2D eigenvalue weighted by Crippen LogP contribution is 2.40. The summed E-state index contributed by atoms with van der Waals surface area (Å²) in [6.45, 7) is 20.3. The van der Waals surface area contributed by atoms with Crippen LogP contribution < -0.4 is 16.0 Å². The molecule has 270 valence electrons. The smallest absolute Gasteiger partial charge is 0.383 e. The first kappa shape index (κ1) is 34.8. The number of hydrogen-bond acceptors (Lipinski definition) is 10. The van der Waals surface area contributed by atoms with Crippen molar-refractivity contribution in [1.29, 1.82) is 0 Å². The molecule has 0 atom stereocenters. The summed E-state index contributed by atoms with van der Waals surface area (Å²) < 4.78 is 43.4. The third-order valence-electron chi connectivity index (χ3n) is 9.98. The number of piperazine rings is 1. The molecular weight excluding hydrogens is 667 g/mol. The van der Waals surface area contributed by atoms with E-state index in [1.165, 1.54) is 30.7 Å². The van der Waals surface area contributed by atoms with Gasteiger partial charge >= 0.3 is 6.18 Å². The van der Waals surface area contributed by atoms with Crippen molar-refractivity contribution in [1.82, 2.24) is 39.5 Å². The van der Waals surface area contributed by atoms with E-state index in [4.69, 9.17) is 15.8 Å². The Labute approximate surface area is 300 Å². The lowest BCUT2D eigenvalue weighted by Gasteiger charge is -2.43. The first-order valence-electron chi connectivity index (χ1n) is 17.5. The molecule has 0 radical (unpaired) electrons. The van der Waals surface area contributed by atoms with Crippen LogP contribution >= 0.6 is 0 Å². The Morgan fingerprint density at radius 2 is 1.83 bits per heavy atom. The lowest BCUT2D eigenvalue weighted by Crippen LogP contribution is -2.47. The summed E-state index contributed by atoms with van der Waals surface area (Å²) in [4.78, 5) is 24.6. The van der Waals surface area contributed by atoms with Crippen LogP contribution in [-0.4, -0.2) is 72.2 Å². The maximum absolute atomic E-state index is 13.8. The quantitative estimate of drug-likeness (QED) is 0.183. The Morgan fingerprint density at radius 1 is 1.04 bits per heavy atom. The minimum absolute atomic E-state index is 0.0174. The van der Waals surface area contributed by atoms with E-state index in [0.29, 0.717) is 61.6 Å². The Kier molecular flexibility index (Phi) is 9.24. The topological polar surface area (TPSA) is 117 Å². The summed E-state index contributed by atoms with van der Waals surface area (Å²) in [7, 11) is 0. The molecule has 7 rings (SSSR count). The van der Waals surface area contributed by atoms with E-state index in [0.717, 1.165) is 71.4 Å². The number of pyridine rings is 1. The molecule has 0 unspecified atom stereocenters. The Balaban J connectivity index is 1.20. The van der Waals surface area contributed by atoms with E-state index in [1.807, 2.05) is 11.6 Å². The molecule has 1 aromatic carbocycles. The van der Waals surface area contributed by atoms with Gasteiger partial charge in [0.2, 0.25) is 5.95 Å². The summed E-state index contributed by atoms with van der Waals surface area (Å²) in [5.41, 5.74) is 12.7. The minimum Gasteiger partial charge on any atom is -0.383 e. The summed E-state index contributed by atoms with van der Waals surface area (Å²) in [5.74, 6) is 1.73. The molecule has 0 saturated carbocycles. The van der Waals surface area contributed by atoms with E-state index >= 15 is 0 Å². The van der Waals surface area contributed by atoms with E-state index in [2.05, 4.69) is 67.7 Å². The summed E-state index contributed by atoms with van der Waals surface area (Å²) in [6, 6.07) is 5.43. The van der Waals surface area contributed by atoms with Gasteiger partial charge in [-0.3, -0.25) is 4.98 Å². The fraction of sp³-hybridized carbons (Fsp3) is 0.342. The third-order valence-corrected chi connectivity index (χ3v) is 9.98. The minimum atomic E-state index is -4.51. The number of alkyl halides is 3. The summed E-state index contributed by atoms with van der Waals surface area (Å²) in [6.07, 6.45) is 5.42. The predicted octanol–water partition coefficient (Wildman–Crippen LogP) is 7.31. The lowest BCUT2D eigenvalue weighted by atomic mass is 9.99. The van der Waals surface area contributed by atoms with Gasteiger partial charge in [-0.1, -0.05) is 38.8 Å². The van der Waals surface area contributed by atoms with Crippen molar-refractivity contribution in [2.75, 3.05) is 48.7 Å². The highest BCUT2D eigenvalue weighted by Gasteiger charge is 2.36. The van der Waals surface area contributed by atoms with Crippen molar-refractivity contribution >= 4 is 45.3 Å². The monoisotopic (exact) mass is 709 g/mol. The van der Waals surface area contributed by atoms with Crippen molar-refractivity contribution < 1.29 is 13.2 Å². The molecule has 5 heterocycles. The zero-order valence-electron chi connectivity index (χ0n) is 29.5. The number of nitrogens with one attached hydrogen (secondary N) is 1. The fourth-order valence-corrected chi connectivity index (χ4v) is 7.29. The number of nitrogen functional groups attached to an aromatic ring is 1. The Morgan fingerprint density at radius 3 is 2.54 bits per heavy atom. The van der Waals surface area contributed by atoms with Crippen LogP contribution in [0.1, 0.15) is 61.7 Å². The van der Waals surface area contributed by atoms with Crippen LogP contribution in [-0.2, 0) is 6.18 Å². The lowest BCUT2D eigenvalue weighted by molar-refractivity contribution is -0.136. The number of rotatable bonds is 9. The van der Waals surface area contributed by atoms with Crippen LogP contribution in [0, 0.1) is 6.92 Å². The number of fused-ring (bicyclic) bond motifs is 2. The third kappa shape index (κ3) is 6.37. The standard InChI is InChI=1S/C38H42F3N11/c1-6-31-34(50-19-17-49(18-20-50)25(4)32-24(3)35(42)45-22-44-32)26(5)52-37(47-36(48-52)27-11-8-7-9-12-27)51(31)21-23(2)46-30-15-14-29(38(39,40)41)28-13-10-16-43-33(28)30/h10-11,13-16,22,46H,2,4-9,12,17-21H2,1,3H3,(H2,42,44,45). The van der Waals surface area contributed by atoms with Gasteiger partial charge in [-0.25, -0.2) is 9.97 Å². The van der Waals surface area contributed by atoms with Crippen molar-refractivity contribution in [3.8, 4) is 0 Å². The van der Waals surface area contributed by atoms with Gasteiger partial charge in [0, 0.05) is 54.7 Å². The molecule has 1 aliphatic carbocycles. The number of halogens is 3. The molecule has 1 saturated heterocycles. The second kappa shape index (κ2) is 13.8. The first-order valence-corrected chi connectivity index (χ1v) is 17.5. The van der Waals surface area contributed by atoms with Gasteiger partial charge in [0.15, 0.2) is 5.82 Å². The molecule has 52 heavy (non-hydrogen) atoms. The number of benzene rings is 1. The fourth-order valence-electron chi connectivity index (χ4n) is 7.29.